The highest BCUT2D eigenvalue weighted by molar-refractivity contribution is 14.1. The number of thiol groups is 1. The molecule has 0 radical (unpaired) electrons. The number of benzene rings is 2. The van der Waals surface area contributed by atoms with Gasteiger partial charge in [-0.25, -0.2) is 0 Å². The van der Waals surface area contributed by atoms with E-state index in [1.807, 2.05) is 11.3 Å². The highest BCUT2D eigenvalue weighted by atomic mass is 127. The fourth-order valence-corrected chi connectivity index (χ4v) is 6.02. The van der Waals surface area contributed by atoms with Crippen molar-refractivity contribution in [1.29, 1.82) is 0 Å². The molecule has 0 saturated carbocycles. The highest BCUT2D eigenvalue weighted by Gasteiger charge is 2.20. The van der Waals surface area contributed by atoms with Crippen LogP contribution >= 0.6 is 46.6 Å². The summed E-state index contributed by atoms with van der Waals surface area (Å²) in [6.45, 7) is 13.4. The monoisotopic (exact) mass is 426 g/mol. The van der Waals surface area contributed by atoms with E-state index in [-0.39, 0.29) is 0 Å². The summed E-state index contributed by atoms with van der Waals surface area (Å²) in [6.07, 6.45) is 0. The molecule has 0 aliphatic rings. The first-order valence-corrected chi connectivity index (χ1v) is 9.41. The summed E-state index contributed by atoms with van der Waals surface area (Å²) in [5, 5.41) is 2.85. The van der Waals surface area contributed by atoms with Crippen LogP contribution in [0.25, 0.3) is 20.2 Å². The second-order valence-corrected chi connectivity index (χ2v) is 8.47. The van der Waals surface area contributed by atoms with Gasteiger partial charge in [0.05, 0.1) is 0 Å². The standard InChI is InChI=1S/C18H19IS2/c1-7-9(3)13-14-15(19)10(4)8(2)12(6)17(14)21-18(13)16(20)11(7)5/h20H,1-6H3. The number of thiophene rings is 1. The number of aryl methyl sites for hydroxylation is 2. The first-order chi connectivity index (χ1) is 9.77. The van der Waals surface area contributed by atoms with Gasteiger partial charge in [-0.2, -0.15) is 0 Å². The van der Waals surface area contributed by atoms with E-state index in [4.69, 9.17) is 12.6 Å². The third-order valence-electron chi connectivity index (χ3n) is 4.99. The van der Waals surface area contributed by atoms with Gasteiger partial charge in [0.15, 0.2) is 0 Å². The van der Waals surface area contributed by atoms with Crippen LogP contribution in [0.15, 0.2) is 4.90 Å². The van der Waals surface area contributed by atoms with Crippen LogP contribution in [-0.2, 0) is 0 Å². The fraction of sp³-hybridized carbons (Fsp3) is 0.333. The first-order valence-electron chi connectivity index (χ1n) is 7.07. The Bertz CT molecular complexity index is 843. The molecule has 0 atom stereocenters. The zero-order chi connectivity index (χ0) is 15.6. The Kier molecular flexibility index (Phi) is 3.82. The minimum absolute atomic E-state index is 1.15. The summed E-state index contributed by atoms with van der Waals surface area (Å²) in [4.78, 5) is 1.15. The zero-order valence-electron chi connectivity index (χ0n) is 13.2. The number of fused-ring (bicyclic) bond motifs is 3. The van der Waals surface area contributed by atoms with Crippen LogP contribution < -0.4 is 0 Å². The van der Waals surface area contributed by atoms with Crippen molar-refractivity contribution in [3.63, 3.8) is 0 Å². The second-order valence-electron chi connectivity index (χ2n) is 5.92. The Balaban J connectivity index is 2.73. The molecule has 110 valence electrons. The van der Waals surface area contributed by atoms with Gasteiger partial charge in [-0.05, 0) is 97.5 Å². The zero-order valence-corrected chi connectivity index (χ0v) is 17.1. The number of halogens is 1. The van der Waals surface area contributed by atoms with Crippen LogP contribution in [0.3, 0.4) is 0 Å². The van der Waals surface area contributed by atoms with E-state index in [2.05, 4.69) is 64.1 Å². The molecule has 0 unspecified atom stereocenters. The maximum absolute atomic E-state index is 4.82. The summed E-state index contributed by atoms with van der Waals surface area (Å²) >= 11 is 9.25. The average molecular weight is 426 g/mol. The molecule has 3 rings (SSSR count). The van der Waals surface area contributed by atoms with Gasteiger partial charge in [0, 0.05) is 28.6 Å². The van der Waals surface area contributed by atoms with E-state index >= 15 is 0 Å². The number of rotatable bonds is 0. The topological polar surface area (TPSA) is 0 Å². The molecule has 3 heteroatoms. The molecule has 0 saturated heterocycles. The largest absolute Gasteiger partial charge is 0.142 e. The Hall–Kier alpha value is -0.260. The third kappa shape index (κ3) is 2.00. The van der Waals surface area contributed by atoms with Crippen molar-refractivity contribution < 1.29 is 0 Å². The van der Waals surface area contributed by atoms with Crippen molar-refractivity contribution in [3.05, 3.63) is 37.0 Å². The molecule has 0 nitrogen and oxygen atoms in total. The molecule has 0 aliphatic heterocycles. The molecule has 0 aliphatic carbocycles. The lowest BCUT2D eigenvalue weighted by molar-refractivity contribution is 1.24. The van der Waals surface area contributed by atoms with E-state index in [0.717, 1.165) is 4.90 Å². The van der Waals surface area contributed by atoms with Crippen LogP contribution in [-0.4, -0.2) is 0 Å². The Morgan fingerprint density at radius 1 is 0.667 bits per heavy atom. The Labute approximate surface area is 149 Å². The van der Waals surface area contributed by atoms with Gasteiger partial charge in [0.2, 0.25) is 0 Å². The molecule has 2 aromatic carbocycles. The molecular weight excluding hydrogens is 407 g/mol. The summed E-state index contributed by atoms with van der Waals surface area (Å²) in [6, 6.07) is 0. The second kappa shape index (κ2) is 5.14. The van der Waals surface area contributed by atoms with Gasteiger partial charge in [-0.3, -0.25) is 0 Å². The normalized spacial score (nSPS) is 11.8. The van der Waals surface area contributed by atoms with Crippen LogP contribution in [0, 0.1) is 45.1 Å². The van der Waals surface area contributed by atoms with Crippen LogP contribution in [0.1, 0.15) is 33.4 Å². The number of hydrogen-bond acceptors (Lipinski definition) is 2. The van der Waals surface area contributed by atoms with E-state index in [0.29, 0.717) is 0 Å². The third-order valence-corrected chi connectivity index (χ3v) is 8.38. The molecular formula is C18H19IS2. The van der Waals surface area contributed by atoms with Crippen molar-refractivity contribution in [3.8, 4) is 0 Å². The molecule has 0 N–H and O–H groups in total. The van der Waals surface area contributed by atoms with E-state index in [1.54, 1.807) is 0 Å². The molecule has 0 spiro atoms. The van der Waals surface area contributed by atoms with Gasteiger partial charge >= 0.3 is 0 Å². The predicted octanol–water partition coefficient (Wildman–Crippen LogP) is 6.80. The van der Waals surface area contributed by atoms with Crippen molar-refractivity contribution in [2.45, 2.75) is 46.4 Å². The Morgan fingerprint density at radius 3 is 1.86 bits per heavy atom. The van der Waals surface area contributed by atoms with Gasteiger partial charge in [-0.15, -0.1) is 24.0 Å². The lowest BCUT2D eigenvalue weighted by atomic mass is 9.95. The molecule has 1 heterocycles. The molecule has 0 amide bonds. The maximum Gasteiger partial charge on any atom is 0.0494 e. The molecule has 0 fully saturated rings. The van der Waals surface area contributed by atoms with Crippen LogP contribution in [0.2, 0.25) is 0 Å². The van der Waals surface area contributed by atoms with E-state index < -0.39 is 0 Å². The first kappa shape index (κ1) is 15.6. The van der Waals surface area contributed by atoms with Crippen molar-refractivity contribution >= 4 is 66.7 Å². The summed E-state index contributed by atoms with van der Waals surface area (Å²) in [5.41, 5.74) is 8.36. The van der Waals surface area contributed by atoms with Crippen molar-refractivity contribution in [1.82, 2.24) is 0 Å². The molecule has 3 aromatic rings. The lowest BCUT2D eigenvalue weighted by Crippen LogP contribution is -1.93. The average Bonchev–Trinajstić information content (AvgIpc) is 2.87. The van der Waals surface area contributed by atoms with Crippen molar-refractivity contribution in [2.75, 3.05) is 0 Å². The summed E-state index contributed by atoms with van der Waals surface area (Å²) in [5.74, 6) is 0. The van der Waals surface area contributed by atoms with Gasteiger partial charge in [0.1, 0.15) is 0 Å². The molecule has 1 aromatic heterocycles. The maximum atomic E-state index is 4.82. The van der Waals surface area contributed by atoms with Crippen molar-refractivity contribution in [2.24, 2.45) is 0 Å². The van der Waals surface area contributed by atoms with Crippen LogP contribution in [0.4, 0.5) is 0 Å². The lowest BCUT2D eigenvalue weighted by Gasteiger charge is -2.12. The van der Waals surface area contributed by atoms with E-state index in [9.17, 15) is 0 Å². The SMILES string of the molecule is Cc1c(C)c(I)c2c(sc3c(S)c(C)c(C)c(C)c32)c1C. The smallest absolute Gasteiger partial charge is 0.0494 e. The summed E-state index contributed by atoms with van der Waals surface area (Å²) < 4.78 is 4.18. The van der Waals surface area contributed by atoms with Crippen LogP contribution in [0.5, 0.6) is 0 Å². The minimum atomic E-state index is 1.15. The molecule has 0 bridgehead atoms. The van der Waals surface area contributed by atoms with Gasteiger partial charge in [-0.1, -0.05) is 0 Å². The quantitative estimate of drug-likeness (QED) is 0.297. The minimum Gasteiger partial charge on any atom is -0.142 e. The van der Waals surface area contributed by atoms with Gasteiger partial charge in [0.25, 0.3) is 0 Å². The summed E-state index contributed by atoms with van der Waals surface area (Å²) in [7, 11) is 0. The Morgan fingerprint density at radius 2 is 1.24 bits per heavy atom. The van der Waals surface area contributed by atoms with Gasteiger partial charge < -0.3 is 0 Å². The molecule has 21 heavy (non-hydrogen) atoms. The predicted molar refractivity (Wildman–Crippen MR) is 108 cm³/mol. The van der Waals surface area contributed by atoms with E-state index in [1.165, 1.54) is 57.1 Å². The highest BCUT2D eigenvalue weighted by Crippen LogP contribution is 2.46. The number of hydrogen-bond donors (Lipinski definition) is 1. The fourth-order valence-electron chi connectivity index (χ4n) is 3.05.